The molecule has 1 fully saturated rings. The van der Waals surface area contributed by atoms with Crippen LogP contribution in [0.4, 0.5) is 13.2 Å². The van der Waals surface area contributed by atoms with Gasteiger partial charge in [0, 0.05) is 6.54 Å². The lowest BCUT2D eigenvalue weighted by Crippen LogP contribution is -2.45. The maximum atomic E-state index is 11.9. The summed E-state index contributed by atoms with van der Waals surface area (Å²) in [4.78, 5) is 0. The highest BCUT2D eigenvalue weighted by Crippen LogP contribution is 2.30. The molecule has 1 atom stereocenters. The number of halogens is 3. The number of rotatable bonds is 0. The average molecular weight is 154 g/mol. The Balaban J connectivity index is 2.55. The molecule has 10 heavy (non-hydrogen) atoms. The monoisotopic (exact) mass is 154 g/mol. The molecule has 1 saturated heterocycles. The summed E-state index contributed by atoms with van der Waals surface area (Å²) in [6, 6.07) is -1.41. The Kier molecular flexibility index (Phi) is 1.87. The fourth-order valence-electron chi connectivity index (χ4n) is 1.14. The van der Waals surface area contributed by atoms with E-state index in [1.165, 1.54) is 0 Å². The first-order chi connectivity index (χ1) is 4.52. The van der Waals surface area contributed by atoms with Gasteiger partial charge in [0.25, 0.3) is 0 Å². The summed E-state index contributed by atoms with van der Waals surface area (Å²) in [7, 11) is 0. The molecule has 5 heteroatoms. The molecule has 0 spiro atoms. The van der Waals surface area contributed by atoms with E-state index in [9.17, 15) is 13.2 Å². The third-order valence-electron chi connectivity index (χ3n) is 1.67. The molecule has 60 valence electrons. The molecule has 0 aromatic rings. The van der Waals surface area contributed by atoms with E-state index in [4.69, 9.17) is 5.84 Å². The largest absolute Gasteiger partial charge is 0.405 e. The van der Waals surface area contributed by atoms with Gasteiger partial charge in [-0.1, -0.05) is 0 Å². The zero-order valence-corrected chi connectivity index (χ0v) is 5.36. The summed E-state index contributed by atoms with van der Waals surface area (Å²) in [5.41, 5.74) is 0. The van der Waals surface area contributed by atoms with Gasteiger partial charge in [-0.15, -0.1) is 0 Å². The summed E-state index contributed by atoms with van der Waals surface area (Å²) < 4.78 is 35.7. The SMILES string of the molecule is NN1CCC[C@H]1C(F)(F)F. The Labute approximate surface area is 56.8 Å². The van der Waals surface area contributed by atoms with Crippen molar-refractivity contribution in [1.29, 1.82) is 0 Å². The number of hydrogen-bond acceptors (Lipinski definition) is 2. The van der Waals surface area contributed by atoms with Gasteiger partial charge in [0.15, 0.2) is 0 Å². The number of nitrogens with zero attached hydrogens (tertiary/aromatic N) is 1. The molecule has 0 amide bonds. The van der Waals surface area contributed by atoms with Crippen LogP contribution in [0.3, 0.4) is 0 Å². The lowest BCUT2D eigenvalue weighted by molar-refractivity contribution is -0.176. The molecule has 0 radical (unpaired) electrons. The fraction of sp³-hybridized carbons (Fsp3) is 1.00. The fourth-order valence-corrected chi connectivity index (χ4v) is 1.14. The summed E-state index contributed by atoms with van der Waals surface area (Å²) in [5, 5.41) is 0.861. The number of hydrazine groups is 1. The Bertz CT molecular complexity index is 123. The van der Waals surface area contributed by atoms with Crippen LogP contribution in [0.1, 0.15) is 12.8 Å². The molecule has 0 aliphatic carbocycles. The van der Waals surface area contributed by atoms with Gasteiger partial charge in [0.2, 0.25) is 0 Å². The van der Waals surface area contributed by atoms with Crippen LogP contribution >= 0.6 is 0 Å². The Morgan fingerprint density at radius 2 is 2.00 bits per heavy atom. The minimum absolute atomic E-state index is 0.139. The summed E-state index contributed by atoms with van der Waals surface area (Å²) in [6.45, 7) is 0.351. The normalized spacial score (nSPS) is 29.4. The van der Waals surface area contributed by atoms with Crippen LogP contribution in [0, 0.1) is 0 Å². The molecule has 2 nitrogen and oxygen atoms in total. The molecule has 0 aromatic heterocycles. The van der Waals surface area contributed by atoms with E-state index in [1.54, 1.807) is 0 Å². The maximum absolute atomic E-state index is 11.9. The van der Waals surface area contributed by atoms with Crippen molar-refractivity contribution >= 4 is 0 Å². The van der Waals surface area contributed by atoms with Crippen molar-refractivity contribution in [2.24, 2.45) is 5.84 Å². The zero-order chi connectivity index (χ0) is 7.78. The quantitative estimate of drug-likeness (QED) is 0.525. The van der Waals surface area contributed by atoms with Gasteiger partial charge >= 0.3 is 6.18 Å². The first kappa shape index (κ1) is 7.81. The first-order valence-electron chi connectivity index (χ1n) is 3.10. The minimum Gasteiger partial charge on any atom is -0.268 e. The van der Waals surface area contributed by atoms with Gasteiger partial charge in [-0.2, -0.15) is 13.2 Å². The van der Waals surface area contributed by atoms with Crippen molar-refractivity contribution in [3.05, 3.63) is 0 Å². The van der Waals surface area contributed by atoms with E-state index in [0.29, 0.717) is 13.0 Å². The zero-order valence-electron chi connectivity index (χ0n) is 5.36. The van der Waals surface area contributed by atoms with Crippen molar-refractivity contribution in [2.45, 2.75) is 25.1 Å². The molecule has 0 bridgehead atoms. The Hall–Kier alpha value is -0.290. The van der Waals surface area contributed by atoms with Crippen LogP contribution in [-0.4, -0.2) is 23.8 Å². The molecule has 0 unspecified atom stereocenters. The Morgan fingerprint density at radius 3 is 2.20 bits per heavy atom. The molecule has 1 aliphatic rings. The summed E-state index contributed by atoms with van der Waals surface area (Å²) >= 11 is 0. The predicted octanol–water partition coefficient (Wildman–Crippen LogP) is 0.887. The lowest BCUT2D eigenvalue weighted by atomic mass is 10.2. The van der Waals surface area contributed by atoms with Gasteiger partial charge in [-0.25, -0.2) is 5.01 Å². The van der Waals surface area contributed by atoms with Crippen molar-refractivity contribution < 1.29 is 13.2 Å². The first-order valence-corrected chi connectivity index (χ1v) is 3.10. The number of alkyl halides is 3. The van der Waals surface area contributed by atoms with E-state index in [-0.39, 0.29) is 6.42 Å². The van der Waals surface area contributed by atoms with Gasteiger partial charge in [0.05, 0.1) is 0 Å². The maximum Gasteiger partial charge on any atom is 0.405 e. The lowest BCUT2D eigenvalue weighted by Gasteiger charge is -2.21. The van der Waals surface area contributed by atoms with Gasteiger partial charge in [-0.3, -0.25) is 5.84 Å². The molecule has 1 rings (SSSR count). The molecule has 0 aromatic carbocycles. The van der Waals surface area contributed by atoms with E-state index < -0.39 is 12.2 Å². The molecular formula is C5H9F3N2. The van der Waals surface area contributed by atoms with Crippen LogP contribution < -0.4 is 5.84 Å². The smallest absolute Gasteiger partial charge is 0.268 e. The van der Waals surface area contributed by atoms with Crippen molar-refractivity contribution in [1.82, 2.24) is 5.01 Å². The third-order valence-corrected chi connectivity index (χ3v) is 1.67. The highest BCUT2D eigenvalue weighted by Gasteiger charge is 2.44. The highest BCUT2D eigenvalue weighted by molar-refractivity contribution is 4.80. The second-order valence-corrected chi connectivity index (χ2v) is 2.44. The average Bonchev–Trinajstić information content (AvgIpc) is 2.11. The van der Waals surface area contributed by atoms with E-state index in [2.05, 4.69) is 0 Å². The standard InChI is InChI=1S/C5H9F3N2/c6-5(7,8)4-2-1-3-10(4)9/h4H,1-3,9H2/t4-/m0/s1. The van der Waals surface area contributed by atoms with E-state index in [1.807, 2.05) is 0 Å². The third kappa shape index (κ3) is 1.41. The van der Waals surface area contributed by atoms with Gasteiger partial charge in [-0.05, 0) is 12.8 Å². The van der Waals surface area contributed by atoms with Crippen molar-refractivity contribution in [3.8, 4) is 0 Å². The molecule has 1 heterocycles. The number of nitrogens with two attached hydrogens (primary N) is 1. The van der Waals surface area contributed by atoms with Crippen LogP contribution in [0.5, 0.6) is 0 Å². The number of hydrogen-bond donors (Lipinski definition) is 1. The Morgan fingerprint density at radius 1 is 1.40 bits per heavy atom. The topological polar surface area (TPSA) is 29.3 Å². The summed E-state index contributed by atoms with van der Waals surface area (Å²) in [5.74, 6) is 5.08. The van der Waals surface area contributed by atoms with Crippen LogP contribution in [0.2, 0.25) is 0 Å². The molecule has 2 N–H and O–H groups in total. The van der Waals surface area contributed by atoms with Gasteiger partial charge in [0.1, 0.15) is 6.04 Å². The molecule has 0 saturated carbocycles. The molecule has 1 aliphatic heterocycles. The van der Waals surface area contributed by atoms with Crippen molar-refractivity contribution in [2.75, 3.05) is 6.54 Å². The highest BCUT2D eigenvalue weighted by atomic mass is 19.4. The summed E-state index contributed by atoms with van der Waals surface area (Å²) in [6.07, 6.45) is -3.47. The second-order valence-electron chi connectivity index (χ2n) is 2.44. The van der Waals surface area contributed by atoms with E-state index in [0.717, 1.165) is 5.01 Å². The van der Waals surface area contributed by atoms with E-state index >= 15 is 0 Å². The van der Waals surface area contributed by atoms with Crippen LogP contribution in [0.15, 0.2) is 0 Å². The van der Waals surface area contributed by atoms with Gasteiger partial charge < -0.3 is 0 Å². The molecular weight excluding hydrogens is 145 g/mol. The van der Waals surface area contributed by atoms with Crippen LogP contribution in [-0.2, 0) is 0 Å². The second kappa shape index (κ2) is 2.39. The van der Waals surface area contributed by atoms with Crippen LogP contribution in [0.25, 0.3) is 0 Å². The predicted molar refractivity (Wildman–Crippen MR) is 30.0 cm³/mol. The van der Waals surface area contributed by atoms with Crippen molar-refractivity contribution in [3.63, 3.8) is 0 Å². The minimum atomic E-state index is -4.15.